The van der Waals surface area contributed by atoms with Gasteiger partial charge in [0.15, 0.2) is 0 Å². The number of amides is 1. The fourth-order valence-corrected chi connectivity index (χ4v) is 5.04. The van der Waals surface area contributed by atoms with Gasteiger partial charge in [-0.1, -0.05) is 18.2 Å². The van der Waals surface area contributed by atoms with Gasteiger partial charge in [0.1, 0.15) is 11.6 Å². The third kappa shape index (κ3) is 3.50. The lowest BCUT2D eigenvalue weighted by molar-refractivity contribution is -0.134. The third-order valence-electron chi connectivity index (χ3n) is 6.09. The van der Waals surface area contributed by atoms with E-state index in [4.69, 9.17) is 0 Å². The maximum Gasteiger partial charge on any atom is 0.227 e. The summed E-state index contributed by atoms with van der Waals surface area (Å²) in [5.74, 6) is -0.523. The van der Waals surface area contributed by atoms with Crippen molar-refractivity contribution in [3.05, 3.63) is 65.7 Å². The average molecular weight is 384 g/mol. The molecule has 2 aliphatic rings. The Morgan fingerprint density at radius 3 is 2.50 bits per heavy atom. The summed E-state index contributed by atoms with van der Waals surface area (Å²) in [5.41, 5.74) is 1.40. The standard InChI is InChI=1S/C23H26F2N2O/c1-23(2)15-21-20(27(23)19-9-4-8-18(25)14-19)10-5-11-26(21)22(28)13-16-6-3-7-17(24)12-16/h3-4,6-9,12,14,20-21H,5,10-11,13,15H2,1-2H3/t20-,21-/m0/s1. The molecular formula is C23H26F2N2O. The minimum atomic E-state index is -0.318. The summed E-state index contributed by atoms with van der Waals surface area (Å²) >= 11 is 0. The molecule has 3 nitrogen and oxygen atoms in total. The molecule has 0 N–H and O–H groups in total. The molecule has 0 unspecified atom stereocenters. The van der Waals surface area contributed by atoms with Gasteiger partial charge in [-0.15, -0.1) is 0 Å². The van der Waals surface area contributed by atoms with E-state index >= 15 is 0 Å². The van der Waals surface area contributed by atoms with Gasteiger partial charge in [-0.3, -0.25) is 4.79 Å². The van der Waals surface area contributed by atoms with Gasteiger partial charge in [0.2, 0.25) is 5.91 Å². The van der Waals surface area contributed by atoms with Gasteiger partial charge in [-0.25, -0.2) is 8.78 Å². The monoisotopic (exact) mass is 384 g/mol. The van der Waals surface area contributed by atoms with Gasteiger partial charge in [-0.05, 0) is 69.0 Å². The van der Waals surface area contributed by atoms with Crippen LogP contribution in [0, 0.1) is 11.6 Å². The Bertz CT molecular complexity index is 882. The number of carbonyl (C=O) groups is 1. The molecule has 1 amide bonds. The molecule has 2 aromatic rings. The number of piperidine rings is 1. The first-order valence-corrected chi connectivity index (χ1v) is 9.94. The molecule has 2 saturated heterocycles. The van der Waals surface area contributed by atoms with Gasteiger partial charge in [0.05, 0.1) is 18.5 Å². The van der Waals surface area contributed by atoms with Crippen LogP contribution in [0.4, 0.5) is 14.5 Å². The molecule has 5 heteroatoms. The van der Waals surface area contributed by atoms with E-state index in [-0.39, 0.29) is 41.6 Å². The van der Waals surface area contributed by atoms with Crippen LogP contribution >= 0.6 is 0 Å². The molecule has 2 aromatic carbocycles. The zero-order valence-electron chi connectivity index (χ0n) is 16.4. The minimum Gasteiger partial charge on any atom is -0.361 e. The molecule has 0 radical (unpaired) electrons. The van der Waals surface area contributed by atoms with Crippen molar-refractivity contribution < 1.29 is 13.6 Å². The Morgan fingerprint density at radius 1 is 1.07 bits per heavy atom. The highest BCUT2D eigenvalue weighted by Crippen LogP contribution is 2.43. The van der Waals surface area contributed by atoms with Crippen LogP contribution in [-0.4, -0.2) is 35.0 Å². The normalized spacial score (nSPS) is 23.6. The lowest BCUT2D eigenvalue weighted by atomic mass is 9.93. The SMILES string of the molecule is CC1(C)C[C@H]2[C@H](CCCN2C(=O)Cc2cccc(F)c2)N1c1cccc(F)c1. The zero-order valence-corrected chi connectivity index (χ0v) is 16.4. The van der Waals surface area contributed by atoms with E-state index in [0.717, 1.165) is 31.5 Å². The molecule has 2 atom stereocenters. The van der Waals surface area contributed by atoms with Crippen LogP contribution < -0.4 is 4.90 Å². The lowest BCUT2D eigenvalue weighted by Crippen LogP contribution is -2.53. The van der Waals surface area contributed by atoms with Crippen LogP contribution in [0.25, 0.3) is 0 Å². The quantitative estimate of drug-likeness (QED) is 0.775. The average Bonchev–Trinajstić information content (AvgIpc) is 2.91. The van der Waals surface area contributed by atoms with Gasteiger partial charge >= 0.3 is 0 Å². The molecule has 2 aliphatic heterocycles. The van der Waals surface area contributed by atoms with E-state index in [1.165, 1.54) is 18.2 Å². The summed E-state index contributed by atoms with van der Waals surface area (Å²) in [7, 11) is 0. The van der Waals surface area contributed by atoms with Crippen molar-refractivity contribution >= 4 is 11.6 Å². The summed E-state index contributed by atoms with van der Waals surface area (Å²) in [4.78, 5) is 17.3. The third-order valence-corrected chi connectivity index (χ3v) is 6.09. The van der Waals surface area contributed by atoms with Crippen molar-refractivity contribution in [1.82, 2.24) is 4.90 Å². The maximum absolute atomic E-state index is 13.9. The van der Waals surface area contributed by atoms with E-state index in [0.29, 0.717) is 5.56 Å². The molecule has 148 valence electrons. The van der Waals surface area contributed by atoms with Crippen LogP contribution in [0.3, 0.4) is 0 Å². The summed E-state index contributed by atoms with van der Waals surface area (Å²) < 4.78 is 27.3. The highest BCUT2D eigenvalue weighted by atomic mass is 19.1. The largest absolute Gasteiger partial charge is 0.361 e. The van der Waals surface area contributed by atoms with E-state index < -0.39 is 0 Å². The molecule has 2 heterocycles. The van der Waals surface area contributed by atoms with Gasteiger partial charge in [-0.2, -0.15) is 0 Å². The summed E-state index contributed by atoms with van der Waals surface area (Å²) in [6, 6.07) is 13.2. The first kappa shape index (κ1) is 18.9. The zero-order chi connectivity index (χ0) is 19.9. The number of halogens is 2. The topological polar surface area (TPSA) is 23.6 Å². The number of likely N-dealkylation sites (tertiary alicyclic amines) is 1. The van der Waals surface area contributed by atoms with Crippen molar-refractivity contribution in [2.24, 2.45) is 0 Å². The number of carbonyl (C=O) groups excluding carboxylic acids is 1. The number of hydrogen-bond acceptors (Lipinski definition) is 2. The Hall–Kier alpha value is -2.43. The van der Waals surface area contributed by atoms with Gasteiger partial charge in [0.25, 0.3) is 0 Å². The second kappa shape index (κ2) is 7.19. The number of fused-ring (bicyclic) bond motifs is 1. The molecule has 0 bridgehead atoms. The number of benzene rings is 2. The molecule has 0 aromatic heterocycles. The maximum atomic E-state index is 13.9. The number of hydrogen-bond donors (Lipinski definition) is 0. The molecule has 0 spiro atoms. The van der Waals surface area contributed by atoms with Crippen LogP contribution in [0.5, 0.6) is 0 Å². The second-order valence-corrected chi connectivity index (χ2v) is 8.54. The molecule has 2 fully saturated rings. The van der Waals surface area contributed by atoms with Crippen molar-refractivity contribution in [1.29, 1.82) is 0 Å². The first-order valence-electron chi connectivity index (χ1n) is 9.94. The van der Waals surface area contributed by atoms with Crippen molar-refractivity contribution in [3.8, 4) is 0 Å². The van der Waals surface area contributed by atoms with E-state index in [2.05, 4.69) is 18.7 Å². The fraction of sp³-hybridized carbons (Fsp3) is 0.435. The highest BCUT2D eigenvalue weighted by molar-refractivity contribution is 5.79. The molecule has 0 saturated carbocycles. The summed E-state index contributed by atoms with van der Waals surface area (Å²) in [6.45, 7) is 5.04. The van der Waals surface area contributed by atoms with Crippen LogP contribution in [0.1, 0.15) is 38.7 Å². The highest BCUT2D eigenvalue weighted by Gasteiger charge is 2.50. The second-order valence-electron chi connectivity index (χ2n) is 8.54. The Kier molecular flexibility index (Phi) is 4.86. The Morgan fingerprint density at radius 2 is 1.79 bits per heavy atom. The lowest BCUT2D eigenvalue weighted by Gasteiger charge is -2.42. The predicted molar refractivity (Wildman–Crippen MR) is 106 cm³/mol. The Labute approximate surface area is 165 Å². The summed E-state index contributed by atoms with van der Waals surface area (Å²) in [5, 5.41) is 0. The van der Waals surface area contributed by atoms with Crippen molar-refractivity contribution in [2.45, 2.75) is 57.2 Å². The number of rotatable bonds is 3. The summed E-state index contributed by atoms with van der Waals surface area (Å²) in [6.07, 6.45) is 2.94. The van der Waals surface area contributed by atoms with Crippen LogP contribution in [0.15, 0.2) is 48.5 Å². The predicted octanol–water partition coefficient (Wildman–Crippen LogP) is 4.56. The number of anilines is 1. The minimum absolute atomic E-state index is 0.0391. The number of nitrogens with zero attached hydrogens (tertiary/aromatic N) is 2. The smallest absolute Gasteiger partial charge is 0.227 e. The molecule has 4 rings (SSSR count). The van der Waals surface area contributed by atoms with Crippen LogP contribution in [-0.2, 0) is 11.2 Å². The fourth-order valence-electron chi connectivity index (χ4n) is 5.04. The van der Waals surface area contributed by atoms with Gasteiger partial charge < -0.3 is 9.80 Å². The van der Waals surface area contributed by atoms with Crippen molar-refractivity contribution in [3.63, 3.8) is 0 Å². The Balaban J connectivity index is 1.59. The van der Waals surface area contributed by atoms with Crippen LogP contribution in [0.2, 0.25) is 0 Å². The molecule has 28 heavy (non-hydrogen) atoms. The van der Waals surface area contributed by atoms with E-state index in [1.54, 1.807) is 24.3 Å². The first-order chi connectivity index (χ1) is 13.3. The molecular weight excluding hydrogens is 358 g/mol. The van der Waals surface area contributed by atoms with Gasteiger partial charge in [0, 0.05) is 17.8 Å². The van der Waals surface area contributed by atoms with E-state index in [1.807, 2.05) is 11.0 Å². The molecule has 0 aliphatic carbocycles. The van der Waals surface area contributed by atoms with Crippen molar-refractivity contribution in [2.75, 3.05) is 11.4 Å². The van der Waals surface area contributed by atoms with E-state index in [9.17, 15) is 13.6 Å².